The van der Waals surface area contributed by atoms with Crippen LogP contribution in [0.2, 0.25) is 0 Å². The van der Waals surface area contributed by atoms with Gasteiger partial charge in [0.1, 0.15) is 12.4 Å². The minimum absolute atomic E-state index is 0.0827. The van der Waals surface area contributed by atoms with Crippen molar-refractivity contribution < 1.29 is 14.3 Å². The van der Waals surface area contributed by atoms with Gasteiger partial charge in [0.25, 0.3) is 0 Å². The summed E-state index contributed by atoms with van der Waals surface area (Å²) in [6.07, 6.45) is 1.77. The van der Waals surface area contributed by atoms with E-state index in [0.29, 0.717) is 19.3 Å². The van der Waals surface area contributed by atoms with Crippen LogP contribution < -0.4 is 15.4 Å². The normalized spacial score (nSPS) is 21.8. The fraction of sp³-hybridized carbons (Fsp3) is 0.562. The van der Waals surface area contributed by atoms with Crippen LogP contribution in [0.4, 0.5) is 5.69 Å². The number of nitrogens with one attached hydrogen (secondary N) is 2. The van der Waals surface area contributed by atoms with Crippen molar-refractivity contribution in [3.05, 3.63) is 24.3 Å². The molecule has 2 rings (SSSR count). The van der Waals surface area contributed by atoms with Crippen molar-refractivity contribution in [1.82, 2.24) is 5.32 Å². The highest BCUT2D eigenvalue weighted by Gasteiger charge is 2.24. The van der Waals surface area contributed by atoms with Crippen molar-refractivity contribution in [2.45, 2.75) is 25.8 Å². The summed E-state index contributed by atoms with van der Waals surface area (Å²) < 4.78 is 10.5. The van der Waals surface area contributed by atoms with Crippen LogP contribution in [0.25, 0.3) is 0 Å². The first kappa shape index (κ1) is 15.8. The number of methoxy groups -OCH3 is 1. The Hall–Kier alpha value is -1.59. The predicted molar refractivity (Wildman–Crippen MR) is 82.6 cm³/mol. The van der Waals surface area contributed by atoms with Crippen molar-refractivity contribution in [3.63, 3.8) is 0 Å². The van der Waals surface area contributed by atoms with Crippen LogP contribution in [0.1, 0.15) is 19.8 Å². The maximum absolute atomic E-state index is 12.3. The summed E-state index contributed by atoms with van der Waals surface area (Å²) in [5.41, 5.74) is 0.779. The van der Waals surface area contributed by atoms with E-state index < -0.39 is 0 Å². The molecule has 1 aliphatic rings. The Morgan fingerprint density at radius 1 is 1.43 bits per heavy atom. The second-order valence-corrected chi connectivity index (χ2v) is 5.43. The Bertz CT molecular complexity index is 465. The Morgan fingerprint density at radius 3 is 3.05 bits per heavy atom. The highest BCUT2D eigenvalue weighted by Crippen LogP contribution is 2.21. The van der Waals surface area contributed by atoms with Crippen molar-refractivity contribution >= 4 is 11.6 Å². The smallest absolute Gasteiger partial charge is 0.227 e. The summed E-state index contributed by atoms with van der Waals surface area (Å²) in [5, 5.41) is 6.34. The molecule has 0 saturated carbocycles. The van der Waals surface area contributed by atoms with Gasteiger partial charge in [0.2, 0.25) is 5.91 Å². The minimum Gasteiger partial charge on any atom is -0.491 e. The second kappa shape index (κ2) is 8.00. The molecule has 0 aliphatic carbocycles. The average Bonchev–Trinajstić information content (AvgIpc) is 2.48. The van der Waals surface area contributed by atoms with Gasteiger partial charge in [-0.2, -0.15) is 0 Å². The number of anilines is 1. The van der Waals surface area contributed by atoms with E-state index in [-0.39, 0.29) is 11.8 Å². The van der Waals surface area contributed by atoms with Crippen LogP contribution >= 0.6 is 0 Å². The molecule has 0 radical (unpaired) electrons. The zero-order valence-corrected chi connectivity index (χ0v) is 12.7. The first-order valence-electron chi connectivity index (χ1n) is 7.45. The van der Waals surface area contributed by atoms with Crippen molar-refractivity contribution in [3.8, 4) is 5.75 Å². The van der Waals surface area contributed by atoms with Crippen molar-refractivity contribution in [2.75, 3.05) is 32.2 Å². The van der Waals surface area contributed by atoms with E-state index in [4.69, 9.17) is 9.47 Å². The molecule has 5 heteroatoms. The molecule has 0 spiro atoms. The predicted octanol–water partition coefficient (Wildman–Crippen LogP) is 2.04. The van der Waals surface area contributed by atoms with Crippen LogP contribution in [-0.4, -0.2) is 38.8 Å². The molecule has 1 amide bonds. The van der Waals surface area contributed by atoms with Gasteiger partial charge in [-0.15, -0.1) is 0 Å². The number of hydrogen-bond acceptors (Lipinski definition) is 4. The van der Waals surface area contributed by atoms with Gasteiger partial charge in [-0.05, 0) is 38.4 Å². The molecule has 1 saturated heterocycles. The molecule has 1 fully saturated rings. The molecule has 0 bridgehead atoms. The van der Waals surface area contributed by atoms with Crippen LogP contribution in [-0.2, 0) is 9.53 Å². The van der Waals surface area contributed by atoms with Gasteiger partial charge in [0.05, 0.1) is 6.61 Å². The fourth-order valence-electron chi connectivity index (χ4n) is 2.52. The fourth-order valence-corrected chi connectivity index (χ4v) is 2.52. The number of carbonyl (C=O) groups is 1. The van der Waals surface area contributed by atoms with Gasteiger partial charge in [-0.25, -0.2) is 0 Å². The number of amides is 1. The van der Waals surface area contributed by atoms with E-state index in [1.165, 1.54) is 0 Å². The molecule has 5 nitrogen and oxygen atoms in total. The summed E-state index contributed by atoms with van der Waals surface area (Å²) in [7, 11) is 1.64. The molecule has 1 aromatic carbocycles. The number of piperidine rings is 1. The number of carbonyl (C=O) groups excluding carboxylic acids is 1. The largest absolute Gasteiger partial charge is 0.491 e. The third-order valence-electron chi connectivity index (χ3n) is 3.65. The molecule has 1 aliphatic heterocycles. The van der Waals surface area contributed by atoms with Gasteiger partial charge in [-0.1, -0.05) is 6.07 Å². The third kappa shape index (κ3) is 5.02. The Morgan fingerprint density at radius 2 is 2.29 bits per heavy atom. The molecule has 0 aromatic heterocycles. The molecule has 116 valence electrons. The molecule has 1 aromatic rings. The Kier molecular flexibility index (Phi) is 6.02. The number of hydrogen-bond donors (Lipinski definition) is 2. The molecule has 2 N–H and O–H groups in total. The zero-order valence-electron chi connectivity index (χ0n) is 12.7. The van der Waals surface area contributed by atoms with Gasteiger partial charge >= 0.3 is 0 Å². The molecule has 2 atom stereocenters. The van der Waals surface area contributed by atoms with E-state index in [2.05, 4.69) is 17.6 Å². The quantitative estimate of drug-likeness (QED) is 0.788. The minimum atomic E-state index is 0.0827. The number of rotatable bonds is 6. The Balaban J connectivity index is 1.89. The summed E-state index contributed by atoms with van der Waals surface area (Å²) in [4.78, 5) is 12.3. The third-order valence-corrected chi connectivity index (χ3v) is 3.65. The molecule has 1 heterocycles. The first-order chi connectivity index (χ1) is 10.2. The van der Waals surface area contributed by atoms with E-state index in [9.17, 15) is 4.79 Å². The SMILES string of the molecule is COCCOc1cccc(NC(=O)C2CCNC(C)C2)c1. The molecule has 2 unspecified atom stereocenters. The van der Waals surface area contributed by atoms with Crippen LogP contribution in [0.15, 0.2) is 24.3 Å². The molecular weight excluding hydrogens is 268 g/mol. The van der Waals surface area contributed by atoms with Crippen LogP contribution in [0.5, 0.6) is 5.75 Å². The Labute approximate surface area is 126 Å². The molecular formula is C16H24N2O3. The maximum atomic E-state index is 12.3. The van der Waals surface area contributed by atoms with E-state index in [1.807, 2.05) is 24.3 Å². The lowest BCUT2D eigenvalue weighted by Crippen LogP contribution is -2.40. The van der Waals surface area contributed by atoms with E-state index in [1.54, 1.807) is 7.11 Å². The summed E-state index contributed by atoms with van der Waals surface area (Å²) >= 11 is 0. The lowest BCUT2D eigenvalue weighted by atomic mass is 9.92. The zero-order chi connectivity index (χ0) is 15.1. The van der Waals surface area contributed by atoms with Crippen LogP contribution in [0.3, 0.4) is 0 Å². The summed E-state index contributed by atoms with van der Waals surface area (Å²) in [6.45, 7) is 4.06. The van der Waals surface area contributed by atoms with Crippen molar-refractivity contribution in [2.24, 2.45) is 5.92 Å². The first-order valence-corrected chi connectivity index (χ1v) is 7.45. The number of ether oxygens (including phenoxy) is 2. The highest BCUT2D eigenvalue weighted by molar-refractivity contribution is 5.92. The standard InChI is InChI=1S/C16H24N2O3/c1-12-10-13(6-7-17-12)16(19)18-14-4-3-5-15(11-14)21-9-8-20-2/h3-5,11-13,17H,6-10H2,1-2H3,(H,18,19). The van der Waals surface area contributed by atoms with Gasteiger partial charge in [0.15, 0.2) is 0 Å². The lowest BCUT2D eigenvalue weighted by molar-refractivity contribution is -0.120. The van der Waals surface area contributed by atoms with E-state index in [0.717, 1.165) is 30.8 Å². The summed E-state index contributed by atoms with van der Waals surface area (Å²) in [6, 6.07) is 7.88. The van der Waals surface area contributed by atoms with Crippen molar-refractivity contribution in [1.29, 1.82) is 0 Å². The monoisotopic (exact) mass is 292 g/mol. The second-order valence-electron chi connectivity index (χ2n) is 5.43. The van der Waals surface area contributed by atoms with Gasteiger partial charge in [0, 0.05) is 30.8 Å². The van der Waals surface area contributed by atoms with Gasteiger partial charge in [-0.3, -0.25) is 4.79 Å². The topological polar surface area (TPSA) is 59.6 Å². The molecule has 21 heavy (non-hydrogen) atoms. The highest BCUT2D eigenvalue weighted by atomic mass is 16.5. The average molecular weight is 292 g/mol. The van der Waals surface area contributed by atoms with E-state index >= 15 is 0 Å². The van der Waals surface area contributed by atoms with Crippen LogP contribution in [0, 0.1) is 5.92 Å². The maximum Gasteiger partial charge on any atom is 0.227 e. The number of benzene rings is 1. The van der Waals surface area contributed by atoms with Gasteiger partial charge < -0.3 is 20.1 Å². The lowest BCUT2D eigenvalue weighted by Gasteiger charge is -2.27. The summed E-state index contributed by atoms with van der Waals surface area (Å²) in [5.74, 6) is 0.917.